The number of carbonyl (C=O) groups is 2. The number of rotatable bonds is 9. The monoisotopic (exact) mass is 421 g/mol. The van der Waals surface area contributed by atoms with Crippen LogP contribution >= 0.6 is 0 Å². The van der Waals surface area contributed by atoms with Gasteiger partial charge in [0, 0.05) is 24.3 Å². The Kier molecular flexibility index (Phi) is 9.23. The summed E-state index contributed by atoms with van der Waals surface area (Å²) in [5, 5.41) is 5.30. The van der Waals surface area contributed by atoms with Crippen molar-refractivity contribution in [3.63, 3.8) is 0 Å². The molecule has 1 aromatic carbocycles. The van der Waals surface area contributed by atoms with Crippen LogP contribution in [0.2, 0.25) is 0 Å². The SMILES string of the molecule is C=C(F)/C=C(/CC(CNC(=O)OC(C)(C)C)CNC(=O)c1cccc(N)c1)C(=C)F. The highest BCUT2D eigenvalue weighted by Gasteiger charge is 2.20. The van der Waals surface area contributed by atoms with E-state index < -0.39 is 29.3 Å². The third-order valence-electron chi connectivity index (χ3n) is 3.82. The number of carbonyl (C=O) groups excluding carboxylic acids is 2. The second-order valence-electron chi connectivity index (χ2n) is 7.81. The summed E-state index contributed by atoms with van der Waals surface area (Å²) in [4.78, 5) is 24.3. The molecule has 4 N–H and O–H groups in total. The van der Waals surface area contributed by atoms with Gasteiger partial charge in [0.25, 0.3) is 5.91 Å². The van der Waals surface area contributed by atoms with Crippen LogP contribution in [0.15, 0.2) is 60.7 Å². The molecule has 2 amide bonds. The number of hydrogen-bond donors (Lipinski definition) is 3. The zero-order chi connectivity index (χ0) is 22.9. The van der Waals surface area contributed by atoms with E-state index in [1.165, 1.54) is 6.07 Å². The predicted octanol–water partition coefficient (Wildman–Crippen LogP) is 4.42. The first-order valence-electron chi connectivity index (χ1n) is 9.37. The molecule has 8 heteroatoms. The molecule has 0 heterocycles. The van der Waals surface area contributed by atoms with Gasteiger partial charge in [-0.15, -0.1) is 0 Å². The van der Waals surface area contributed by atoms with E-state index in [0.717, 1.165) is 6.08 Å². The Morgan fingerprint density at radius 3 is 2.37 bits per heavy atom. The fourth-order valence-corrected chi connectivity index (χ4v) is 2.53. The first-order valence-corrected chi connectivity index (χ1v) is 9.37. The summed E-state index contributed by atoms with van der Waals surface area (Å²) in [6.07, 6.45) is 0.280. The topological polar surface area (TPSA) is 93.5 Å². The van der Waals surface area contributed by atoms with Crippen molar-refractivity contribution in [1.29, 1.82) is 0 Å². The highest BCUT2D eigenvalue weighted by Crippen LogP contribution is 2.21. The van der Waals surface area contributed by atoms with Crippen LogP contribution in [0.3, 0.4) is 0 Å². The number of nitrogens with two attached hydrogens (primary N) is 1. The Morgan fingerprint density at radius 2 is 1.83 bits per heavy atom. The quantitative estimate of drug-likeness (QED) is 0.406. The Hall–Kier alpha value is -3.16. The normalized spacial score (nSPS) is 12.6. The fraction of sp³-hybridized carbons (Fsp3) is 0.364. The second-order valence-corrected chi connectivity index (χ2v) is 7.81. The fourth-order valence-electron chi connectivity index (χ4n) is 2.53. The summed E-state index contributed by atoms with van der Waals surface area (Å²) < 4.78 is 32.1. The van der Waals surface area contributed by atoms with Gasteiger partial charge < -0.3 is 21.1 Å². The van der Waals surface area contributed by atoms with E-state index in [1.54, 1.807) is 39.0 Å². The summed E-state index contributed by atoms with van der Waals surface area (Å²) in [7, 11) is 0. The molecule has 1 rings (SSSR count). The minimum absolute atomic E-state index is 0.00524. The molecule has 0 radical (unpaired) electrons. The minimum Gasteiger partial charge on any atom is -0.444 e. The Balaban J connectivity index is 2.87. The molecule has 0 aliphatic rings. The first-order chi connectivity index (χ1) is 13.9. The number of allylic oxidation sites excluding steroid dienone is 4. The molecular formula is C22H29F2N3O3. The van der Waals surface area contributed by atoms with Crippen molar-refractivity contribution in [3.8, 4) is 0 Å². The number of nitrogens with one attached hydrogen (secondary N) is 2. The molecule has 0 bridgehead atoms. The van der Waals surface area contributed by atoms with Gasteiger partial charge in [-0.2, -0.15) is 0 Å². The Labute approximate surface area is 175 Å². The maximum absolute atomic E-state index is 13.7. The molecule has 6 nitrogen and oxygen atoms in total. The van der Waals surface area contributed by atoms with Crippen LogP contribution in [0.4, 0.5) is 19.3 Å². The van der Waals surface area contributed by atoms with Gasteiger partial charge in [0.2, 0.25) is 0 Å². The maximum atomic E-state index is 13.7. The van der Waals surface area contributed by atoms with Crippen LogP contribution in [-0.4, -0.2) is 30.7 Å². The van der Waals surface area contributed by atoms with Crippen molar-refractivity contribution in [3.05, 3.63) is 66.3 Å². The zero-order valence-corrected chi connectivity index (χ0v) is 17.6. The summed E-state index contributed by atoms with van der Waals surface area (Å²) in [6.45, 7) is 11.6. The molecular weight excluding hydrogens is 392 g/mol. The van der Waals surface area contributed by atoms with Gasteiger partial charge in [0.15, 0.2) is 0 Å². The van der Waals surface area contributed by atoms with Crippen molar-refractivity contribution in [2.75, 3.05) is 18.8 Å². The molecule has 164 valence electrons. The number of hydrogen-bond acceptors (Lipinski definition) is 4. The van der Waals surface area contributed by atoms with E-state index >= 15 is 0 Å². The van der Waals surface area contributed by atoms with Crippen LogP contribution in [0.5, 0.6) is 0 Å². The molecule has 30 heavy (non-hydrogen) atoms. The van der Waals surface area contributed by atoms with Crippen molar-refractivity contribution in [2.45, 2.75) is 32.8 Å². The number of anilines is 1. The van der Waals surface area contributed by atoms with Gasteiger partial charge >= 0.3 is 6.09 Å². The lowest BCUT2D eigenvalue weighted by molar-refractivity contribution is 0.0519. The number of alkyl carbamates (subject to hydrolysis) is 1. The molecule has 0 aliphatic carbocycles. The molecule has 0 spiro atoms. The van der Waals surface area contributed by atoms with Crippen LogP contribution < -0.4 is 16.4 Å². The van der Waals surface area contributed by atoms with Crippen molar-refractivity contribution >= 4 is 17.7 Å². The van der Waals surface area contributed by atoms with Crippen LogP contribution in [0.25, 0.3) is 0 Å². The summed E-state index contributed by atoms with van der Waals surface area (Å²) in [5.41, 5.74) is 5.77. The van der Waals surface area contributed by atoms with Gasteiger partial charge in [-0.25, -0.2) is 13.6 Å². The highest BCUT2D eigenvalue weighted by atomic mass is 19.1. The summed E-state index contributed by atoms with van der Waals surface area (Å²) in [5.74, 6) is -2.51. The number of amides is 2. The van der Waals surface area contributed by atoms with E-state index in [2.05, 4.69) is 23.8 Å². The predicted molar refractivity (Wildman–Crippen MR) is 114 cm³/mol. The molecule has 0 saturated carbocycles. The first kappa shape index (κ1) is 24.9. The number of nitrogen functional groups attached to an aromatic ring is 1. The van der Waals surface area contributed by atoms with Crippen LogP contribution in [-0.2, 0) is 4.74 Å². The number of halogens is 2. The molecule has 0 aromatic heterocycles. The largest absolute Gasteiger partial charge is 0.444 e. The van der Waals surface area contributed by atoms with Gasteiger partial charge in [-0.05, 0) is 63.0 Å². The zero-order valence-electron chi connectivity index (χ0n) is 17.6. The number of ether oxygens (including phenoxy) is 1. The van der Waals surface area contributed by atoms with Crippen LogP contribution in [0.1, 0.15) is 37.6 Å². The molecule has 1 aromatic rings. The standard InChI is InChI=1S/C22H29F2N3O3/c1-14(23)9-18(15(2)24)10-16(13-27-21(29)30-22(3,4)5)12-26-20(28)17-7-6-8-19(25)11-17/h6-9,11,16H,1-2,10,12-13,25H2,3-5H3,(H,26,28)(H,27,29)/b18-9-. The lowest BCUT2D eigenvalue weighted by Crippen LogP contribution is -2.39. The number of benzene rings is 1. The summed E-state index contributed by atoms with van der Waals surface area (Å²) >= 11 is 0. The molecule has 0 aliphatic heterocycles. The average molecular weight is 421 g/mol. The van der Waals surface area contributed by atoms with E-state index in [4.69, 9.17) is 10.5 Å². The Morgan fingerprint density at radius 1 is 1.20 bits per heavy atom. The lowest BCUT2D eigenvalue weighted by atomic mass is 9.97. The molecule has 1 atom stereocenters. The van der Waals surface area contributed by atoms with E-state index in [0.29, 0.717) is 11.3 Å². The van der Waals surface area contributed by atoms with E-state index in [-0.39, 0.29) is 31.0 Å². The molecule has 1 unspecified atom stereocenters. The third kappa shape index (κ3) is 9.86. The minimum atomic E-state index is -0.827. The van der Waals surface area contributed by atoms with Gasteiger partial charge in [-0.1, -0.05) is 19.2 Å². The van der Waals surface area contributed by atoms with Gasteiger partial charge in [0.05, 0.1) is 0 Å². The average Bonchev–Trinajstić information content (AvgIpc) is 2.60. The van der Waals surface area contributed by atoms with Crippen LogP contribution in [0, 0.1) is 5.92 Å². The maximum Gasteiger partial charge on any atom is 0.407 e. The van der Waals surface area contributed by atoms with E-state index in [9.17, 15) is 18.4 Å². The smallest absolute Gasteiger partial charge is 0.407 e. The van der Waals surface area contributed by atoms with E-state index in [1.807, 2.05) is 0 Å². The third-order valence-corrected chi connectivity index (χ3v) is 3.82. The Bertz CT molecular complexity index is 829. The van der Waals surface area contributed by atoms with Crippen molar-refractivity contribution in [2.24, 2.45) is 5.92 Å². The molecule has 0 fully saturated rings. The van der Waals surface area contributed by atoms with Gasteiger partial charge in [0.1, 0.15) is 17.3 Å². The van der Waals surface area contributed by atoms with Crippen molar-refractivity contribution < 1.29 is 23.1 Å². The second kappa shape index (κ2) is 11.1. The highest BCUT2D eigenvalue weighted by molar-refractivity contribution is 5.94. The lowest BCUT2D eigenvalue weighted by Gasteiger charge is -2.23. The van der Waals surface area contributed by atoms with Crippen molar-refractivity contribution in [1.82, 2.24) is 10.6 Å². The van der Waals surface area contributed by atoms with Gasteiger partial charge in [-0.3, -0.25) is 4.79 Å². The molecule has 0 saturated heterocycles. The summed E-state index contributed by atoms with van der Waals surface area (Å²) in [6, 6.07) is 6.41.